The molecule has 1 fully saturated rings. The predicted octanol–water partition coefficient (Wildman–Crippen LogP) is 4.82. The van der Waals surface area contributed by atoms with Crippen molar-refractivity contribution in [2.45, 2.75) is 31.1 Å². The minimum atomic E-state index is -0.742. The summed E-state index contributed by atoms with van der Waals surface area (Å²) in [6.45, 7) is 3.56. The van der Waals surface area contributed by atoms with Crippen molar-refractivity contribution in [1.82, 2.24) is 4.90 Å². The molecular weight excluding hydrogens is 425 g/mol. The molecule has 5 nitrogen and oxygen atoms in total. The molecule has 4 rings (SSSR count). The van der Waals surface area contributed by atoms with E-state index in [0.29, 0.717) is 36.2 Å². The first kappa shape index (κ1) is 21.3. The molecule has 0 bridgehead atoms. The lowest BCUT2D eigenvalue weighted by atomic mass is 9.74. The number of ether oxygens (including phenoxy) is 2. The molecule has 2 aromatic carbocycles. The molecule has 2 aliphatic heterocycles. The van der Waals surface area contributed by atoms with Crippen molar-refractivity contribution in [2.24, 2.45) is 0 Å². The summed E-state index contributed by atoms with van der Waals surface area (Å²) in [4.78, 5) is 13.0. The summed E-state index contributed by atoms with van der Waals surface area (Å²) in [7, 11) is 0. The number of carboxylic acid groups (broad SMARTS) is 1. The van der Waals surface area contributed by atoms with Crippen LogP contribution in [0.3, 0.4) is 0 Å². The van der Waals surface area contributed by atoms with Gasteiger partial charge in [0.15, 0.2) is 0 Å². The molecule has 2 aromatic rings. The van der Waals surface area contributed by atoms with Gasteiger partial charge in [0.1, 0.15) is 11.5 Å². The molecule has 0 aromatic heterocycles. The zero-order chi connectivity index (χ0) is 21.1. The van der Waals surface area contributed by atoms with Crippen molar-refractivity contribution in [2.75, 3.05) is 32.8 Å². The van der Waals surface area contributed by atoms with Crippen molar-refractivity contribution in [3.05, 3.63) is 57.6 Å². The van der Waals surface area contributed by atoms with Crippen molar-refractivity contribution in [3.8, 4) is 11.5 Å². The van der Waals surface area contributed by atoms with Gasteiger partial charge in [0, 0.05) is 40.1 Å². The number of carbonyl (C=O) groups is 1. The number of likely N-dealkylation sites (tertiary alicyclic amines) is 1. The van der Waals surface area contributed by atoms with Crippen LogP contribution in [0.1, 0.15) is 30.4 Å². The Morgan fingerprint density at radius 2 is 1.90 bits per heavy atom. The number of piperidine rings is 1. The van der Waals surface area contributed by atoms with Crippen LogP contribution in [0, 0.1) is 0 Å². The third kappa shape index (κ3) is 4.53. The van der Waals surface area contributed by atoms with Gasteiger partial charge >= 0.3 is 5.97 Å². The molecule has 0 saturated carbocycles. The highest BCUT2D eigenvalue weighted by atomic mass is 35.5. The maximum atomic E-state index is 10.8. The maximum absolute atomic E-state index is 10.8. The number of nitrogens with zero attached hydrogens (tertiary/aromatic N) is 1. The molecule has 0 amide bonds. The van der Waals surface area contributed by atoms with E-state index in [4.69, 9.17) is 37.8 Å². The normalized spacial score (nSPS) is 17.5. The Kier molecular flexibility index (Phi) is 6.42. The average Bonchev–Trinajstić information content (AvgIpc) is 3.07. The quantitative estimate of drug-likeness (QED) is 0.656. The lowest BCUT2D eigenvalue weighted by molar-refractivity contribution is -0.137. The van der Waals surface area contributed by atoms with Gasteiger partial charge in [-0.1, -0.05) is 35.3 Å². The largest absolute Gasteiger partial charge is 0.493 e. The summed E-state index contributed by atoms with van der Waals surface area (Å²) < 4.78 is 12.0. The topological polar surface area (TPSA) is 59.0 Å². The molecule has 2 heterocycles. The molecule has 160 valence electrons. The second-order valence-electron chi connectivity index (χ2n) is 8.01. The number of hydrogen-bond acceptors (Lipinski definition) is 4. The zero-order valence-corrected chi connectivity index (χ0v) is 18.2. The van der Waals surface area contributed by atoms with Gasteiger partial charge in [-0.3, -0.25) is 4.79 Å². The van der Waals surface area contributed by atoms with E-state index in [1.165, 1.54) is 5.56 Å². The number of carboxylic acids is 1. The summed E-state index contributed by atoms with van der Waals surface area (Å²) >= 11 is 12.4. The smallest absolute Gasteiger partial charge is 0.304 e. The van der Waals surface area contributed by atoms with E-state index in [2.05, 4.69) is 11.0 Å². The van der Waals surface area contributed by atoms with Crippen LogP contribution < -0.4 is 9.47 Å². The monoisotopic (exact) mass is 449 g/mol. The summed E-state index contributed by atoms with van der Waals surface area (Å²) in [5.41, 5.74) is 2.16. The number of benzene rings is 2. The van der Waals surface area contributed by atoms with Gasteiger partial charge in [-0.25, -0.2) is 0 Å². The molecule has 0 radical (unpaired) electrons. The van der Waals surface area contributed by atoms with Gasteiger partial charge < -0.3 is 19.5 Å². The number of fused-ring (bicyclic) bond motifs is 2. The Bertz CT molecular complexity index is 905. The van der Waals surface area contributed by atoms with Crippen LogP contribution in [0.25, 0.3) is 0 Å². The Labute approximate surface area is 186 Å². The molecule has 7 heteroatoms. The minimum Gasteiger partial charge on any atom is -0.493 e. The Morgan fingerprint density at radius 1 is 1.17 bits per heavy atom. The van der Waals surface area contributed by atoms with Gasteiger partial charge in [0.2, 0.25) is 0 Å². The molecule has 0 aliphatic carbocycles. The molecule has 1 N–H and O–H groups in total. The van der Waals surface area contributed by atoms with Crippen molar-refractivity contribution >= 4 is 29.2 Å². The van der Waals surface area contributed by atoms with Crippen LogP contribution in [0.15, 0.2) is 36.4 Å². The highest BCUT2D eigenvalue weighted by Crippen LogP contribution is 2.46. The summed E-state index contributed by atoms with van der Waals surface area (Å²) in [5.74, 6) is 0.921. The van der Waals surface area contributed by atoms with Crippen LogP contribution in [0.2, 0.25) is 10.0 Å². The first-order chi connectivity index (χ1) is 14.5. The fourth-order valence-corrected chi connectivity index (χ4v) is 4.94. The number of rotatable bonds is 7. The van der Waals surface area contributed by atoms with E-state index in [9.17, 15) is 4.79 Å². The number of aliphatic carboxylic acids is 1. The lowest BCUT2D eigenvalue weighted by Gasteiger charge is -2.38. The van der Waals surface area contributed by atoms with Crippen molar-refractivity contribution in [3.63, 3.8) is 0 Å². The van der Waals surface area contributed by atoms with E-state index in [0.717, 1.165) is 43.0 Å². The first-order valence-corrected chi connectivity index (χ1v) is 11.0. The third-order valence-corrected chi connectivity index (χ3v) is 6.87. The molecule has 0 atom stereocenters. The molecular formula is C23H25Cl2NO4. The highest BCUT2D eigenvalue weighted by molar-refractivity contribution is 6.35. The van der Waals surface area contributed by atoms with E-state index >= 15 is 0 Å². The molecule has 30 heavy (non-hydrogen) atoms. The third-order valence-electron chi connectivity index (χ3n) is 6.17. The Morgan fingerprint density at radius 3 is 2.60 bits per heavy atom. The number of halogens is 2. The first-order valence-electron chi connectivity index (χ1n) is 10.2. The average molecular weight is 450 g/mol. The van der Waals surface area contributed by atoms with Gasteiger partial charge in [-0.2, -0.15) is 0 Å². The van der Waals surface area contributed by atoms with Crippen LogP contribution in [-0.2, 0) is 16.6 Å². The molecule has 2 aliphatic rings. The minimum absolute atomic E-state index is 0.0265. The second-order valence-corrected chi connectivity index (χ2v) is 8.83. The maximum Gasteiger partial charge on any atom is 0.304 e. The van der Waals surface area contributed by atoms with Crippen LogP contribution >= 0.6 is 23.2 Å². The van der Waals surface area contributed by atoms with Crippen molar-refractivity contribution in [1.29, 1.82) is 0 Å². The lowest BCUT2D eigenvalue weighted by Crippen LogP contribution is -2.44. The van der Waals surface area contributed by atoms with Gasteiger partial charge in [-0.05, 0) is 49.7 Å². The Balaban J connectivity index is 1.35. The van der Waals surface area contributed by atoms with Gasteiger partial charge in [-0.15, -0.1) is 0 Å². The molecule has 1 saturated heterocycles. The van der Waals surface area contributed by atoms with E-state index < -0.39 is 5.97 Å². The van der Waals surface area contributed by atoms with Crippen LogP contribution in [0.5, 0.6) is 11.5 Å². The second kappa shape index (κ2) is 9.04. The summed E-state index contributed by atoms with van der Waals surface area (Å²) in [5, 5.41) is 10.2. The fraction of sp³-hybridized carbons (Fsp3) is 0.435. The zero-order valence-electron chi connectivity index (χ0n) is 16.7. The van der Waals surface area contributed by atoms with Crippen LogP contribution in [-0.4, -0.2) is 48.8 Å². The summed E-state index contributed by atoms with van der Waals surface area (Å²) in [6, 6.07) is 11.6. The van der Waals surface area contributed by atoms with E-state index in [-0.39, 0.29) is 11.8 Å². The van der Waals surface area contributed by atoms with Crippen molar-refractivity contribution < 1.29 is 19.4 Å². The van der Waals surface area contributed by atoms with Crippen LogP contribution in [0.4, 0.5) is 0 Å². The fourth-order valence-electron chi connectivity index (χ4n) is 4.36. The standard InChI is InChI=1S/C23H25Cl2NO4/c24-19-2-1-3-20(25)17(19)7-13-29-16-4-5-18-21(14-16)30-15-23(18)8-11-26(12-9-23)10-6-22(27)28/h1-5,14H,6-13,15H2,(H,27,28). The number of hydrogen-bond donors (Lipinski definition) is 1. The molecule has 0 unspecified atom stereocenters. The Hall–Kier alpha value is -1.95. The van der Waals surface area contributed by atoms with Gasteiger partial charge in [0.25, 0.3) is 0 Å². The van der Waals surface area contributed by atoms with Gasteiger partial charge in [0.05, 0.1) is 19.6 Å². The predicted molar refractivity (Wildman–Crippen MR) is 117 cm³/mol. The molecule has 1 spiro atoms. The van der Waals surface area contributed by atoms with E-state index in [1.807, 2.05) is 30.3 Å². The summed E-state index contributed by atoms with van der Waals surface area (Å²) in [6.07, 6.45) is 2.78. The SMILES string of the molecule is O=C(O)CCN1CCC2(CC1)COc1cc(OCCc3c(Cl)cccc3Cl)ccc12. The van der Waals surface area contributed by atoms with E-state index in [1.54, 1.807) is 0 Å². The highest BCUT2D eigenvalue weighted by Gasteiger charge is 2.43.